The summed E-state index contributed by atoms with van der Waals surface area (Å²) in [7, 11) is 0. The second kappa shape index (κ2) is 10.1. The number of fused-ring (bicyclic) bond motifs is 1. The highest BCUT2D eigenvalue weighted by atomic mass is 16.2. The van der Waals surface area contributed by atoms with Crippen LogP contribution in [0.2, 0.25) is 0 Å². The summed E-state index contributed by atoms with van der Waals surface area (Å²) < 4.78 is 0. The number of benzene rings is 3. The van der Waals surface area contributed by atoms with Gasteiger partial charge in [0.15, 0.2) is 0 Å². The van der Waals surface area contributed by atoms with E-state index in [2.05, 4.69) is 81.2 Å². The Morgan fingerprint density at radius 1 is 0.971 bits per heavy atom. The first kappa shape index (κ1) is 22.1. The quantitative estimate of drug-likeness (QED) is 0.404. The summed E-state index contributed by atoms with van der Waals surface area (Å²) in [5.74, 6) is 0.307. The van der Waals surface area contributed by atoms with Crippen LogP contribution < -0.4 is 10.6 Å². The first-order chi connectivity index (χ1) is 16.7. The zero-order chi connectivity index (χ0) is 23.3. The fourth-order valence-corrected chi connectivity index (χ4v) is 4.90. The van der Waals surface area contributed by atoms with Gasteiger partial charge < -0.3 is 15.5 Å². The normalized spacial score (nSPS) is 16.1. The molecular formula is C29H30N4O. The molecular weight excluding hydrogens is 420 g/mol. The molecule has 2 heterocycles. The molecule has 0 aliphatic carbocycles. The Kier molecular flexibility index (Phi) is 6.54. The monoisotopic (exact) mass is 450 g/mol. The number of para-hydroxylation sites is 1. The fraction of sp³-hybridized carbons (Fsp3) is 0.241. The summed E-state index contributed by atoms with van der Waals surface area (Å²) in [5, 5.41) is 7.18. The van der Waals surface area contributed by atoms with Crippen molar-refractivity contribution in [3.05, 3.63) is 108 Å². The van der Waals surface area contributed by atoms with Crippen molar-refractivity contribution in [3.63, 3.8) is 0 Å². The summed E-state index contributed by atoms with van der Waals surface area (Å²) in [6.45, 7) is 4.69. The number of likely N-dealkylation sites (tertiary alicyclic amines) is 1. The maximum absolute atomic E-state index is 12.8. The van der Waals surface area contributed by atoms with E-state index in [0.717, 1.165) is 48.3 Å². The molecule has 1 aliphatic rings. The van der Waals surface area contributed by atoms with E-state index in [0.29, 0.717) is 5.92 Å². The largest absolute Gasteiger partial charge is 0.334 e. The van der Waals surface area contributed by atoms with E-state index < -0.39 is 0 Å². The lowest BCUT2D eigenvalue weighted by molar-refractivity contribution is 0.247. The van der Waals surface area contributed by atoms with E-state index >= 15 is 0 Å². The van der Waals surface area contributed by atoms with Crippen molar-refractivity contribution in [3.8, 4) is 0 Å². The van der Waals surface area contributed by atoms with Crippen molar-refractivity contribution < 1.29 is 4.79 Å². The van der Waals surface area contributed by atoms with Crippen LogP contribution in [-0.4, -0.2) is 41.6 Å². The molecule has 3 aromatic carbocycles. The van der Waals surface area contributed by atoms with E-state index in [1.807, 2.05) is 37.3 Å². The number of nitrogens with zero attached hydrogens (tertiary/aromatic N) is 2. The number of hydrogen-bond acceptors (Lipinski definition) is 3. The minimum Gasteiger partial charge on any atom is -0.334 e. The van der Waals surface area contributed by atoms with Crippen LogP contribution in [0.5, 0.6) is 0 Å². The van der Waals surface area contributed by atoms with Gasteiger partial charge in [-0.2, -0.15) is 0 Å². The van der Waals surface area contributed by atoms with Crippen LogP contribution in [0.1, 0.15) is 29.2 Å². The molecule has 5 nitrogen and oxygen atoms in total. The Labute approximate surface area is 200 Å². The molecule has 34 heavy (non-hydrogen) atoms. The van der Waals surface area contributed by atoms with Gasteiger partial charge in [-0.3, -0.25) is 4.98 Å². The number of pyridine rings is 1. The number of aromatic nitrogens is 1. The molecule has 4 aromatic rings. The molecule has 1 fully saturated rings. The number of aryl methyl sites for hydroxylation is 1. The molecule has 1 aromatic heterocycles. The van der Waals surface area contributed by atoms with Crippen LogP contribution in [0, 0.1) is 6.92 Å². The Balaban J connectivity index is 1.23. The molecule has 1 aliphatic heterocycles. The second-order valence-electron chi connectivity index (χ2n) is 9.05. The van der Waals surface area contributed by atoms with Crippen molar-refractivity contribution in [1.82, 2.24) is 15.2 Å². The molecule has 0 radical (unpaired) electrons. The maximum Gasteiger partial charge on any atom is 0.319 e. The average Bonchev–Trinajstić information content (AvgIpc) is 3.30. The van der Waals surface area contributed by atoms with Crippen molar-refractivity contribution in [2.75, 3.05) is 25.0 Å². The Hall–Kier alpha value is -3.70. The highest BCUT2D eigenvalue weighted by Gasteiger charge is 2.27. The minimum absolute atomic E-state index is 0.126. The first-order valence-corrected chi connectivity index (χ1v) is 11.9. The molecule has 5 heteroatoms. The van der Waals surface area contributed by atoms with Crippen molar-refractivity contribution in [1.29, 1.82) is 0 Å². The number of carbonyl (C=O) groups is 1. The summed E-state index contributed by atoms with van der Waals surface area (Å²) in [6.07, 6.45) is 0.944. The third-order valence-corrected chi connectivity index (χ3v) is 6.54. The van der Waals surface area contributed by atoms with Crippen molar-refractivity contribution in [2.24, 2.45) is 0 Å². The predicted octanol–water partition coefficient (Wildman–Crippen LogP) is 5.57. The molecule has 0 spiro atoms. The lowest BCUT2D eigenvalue weighted by Crippen LogP contribution is -2.40. The van der Waals surface area contributed by atoms with Crippen molar-refractivity contribution in [2.45, 2.75) is 25.3 Å². The van der Waals surface area contributed by atoms with E-state index in [-0.39, 0.29) is 12.1 Å². The van der Waals surface area contributed by atoms with Crippen molar-refractivity contribution >= 4 is 22.6 Å². The third-order valence-electron chi connectivity index (χ3n) is 6.54. The van der Waals surface area contributed by atoms with Gasteiger partial charge in [0.2, 0.25) is 0 Å². The zero-order valence-electron chi connectivity index (χ0n) is 19.4. The van der Waals surface area contributed by atoms with Gasteiger partial charge in [0.1, 0.15) is 0 Å². The number of amides is 2. The predicted molar refractivity (Wildman–Crippen MR) is 138 cm³/mol. The number of carbonyl (C=O) groups excluding carboxylic acids is 1. The molecule has 1 saturated heterocycles. The first-order valence-electron chi connectivity index (χ1n) is 11.9. The molecule has 2 N–H and O–H groups in total. The maximum atomic E-state index is 12.8. The minimum atomic E-state index is -0.162. The fourth-order valence-electron chi connectivity index (χ4n) is 4.90. The van der Waals surface area contributed by atoms with Gasteiger partial charge in [0, 0.05) is 42.7 Å². The second-order valence-corrected chi connectivity index (χ2v) is 9.05. The Morgan fingerprint density at radius 2 is 1.62 bits per heavy atom. The van der Waals surface area contributed by atoms with Crippen LogP contribution in [0.4, 0.5) is 10.5 Å². The van der Waals surface area contributed by atoms with E-state index in [9.17, 15) is 4.79 Å². The standard InChI is InChI=1S/C29H30N4O/c1-21-18-28(25-14-8-9-15-27(25)30-21)32-29(34)31-24-16-17-33(19-24)20-26(22-10-4-2-5-11-22)23-12-6-3-7-13-23/h2-15,18,24,26H,16-17,19-20H2,1H3,(H2,30,31,32,34). The smallest absolute Gasteiger partial charge is 0.319 e. The molecule has 2 amide bonds. The number of nitrogens with one attached hydrogen (secondary N) is 2. The number of hydrogen-bond donors (Lipinski definition) is 2. The van der Waals surface area contributed by atoms with E-state index in [1.54, 1.807) is 0 Å². The third kappa shape index (κ3) is 5.10. The number of anilines is 1. The highest BCUT2D eigenvalue weighted by Crippen LogP contribution is 2.27. The van der Waals surface area contributed by atoms with Gasteiger partial charge in [-0.15, -0.1) is 0 Å². The average molecular weight is 451 g/mol. The topological polar surface area (TPSA) is 57.3 Å². The van der Waals surface area contributed by atoms with Gasteiger partial charge in [-0.05, 0) is 36.6 Å². The molecule has 0 saturated carbocycles. The molecule has 1 unspecified atom stereocenters. The van der Waals surface area contributed by atoms with E-state index in [4.69, 9.17) is 0 Å². The lowest BCUT2D eigenvalue weighted by Gasteiger charge is -2.25. The Bertz CT molecular complexity index is 1220. The molecule has 5 rings (SSSR count). The number of urea groups is 1. The van der Waals surface area contributed by atoms with Gasteiger partial charge in [-0.1, -0.05) is 78.9 Å². The van der Waals surface area contributed by atoms with Gasteiger partial charge >= 0.3 is 6.03 Å². The SMILES string of the molecule is Cc1cc(NC(=O)NC2CCN(CC(c3ccccc3)c3ccccc3)C2)c2ccccc2n1. The van der Waals surface area contributed by atoms with E-state index in [1.165, 1.54) is 11.1 Å². The molecule has 0 bridgehead atoms. The molecule has 172 valence electrons. The summed E-state index contributed by atoms with van der Waals surface area (Å²) in [6, 6.07) is 31.1. The summed E-state index contributed by atoms with van der Waals surface area (Å²) in [5.41, 5.74) is 5.21. The highest BCUT2D eigenvalue weighted by molar-refractivity contribution is 6.00. The van der Waals surface area contributed by atoms with Gasteiger partial charge in [0.25, 0.3) is 0 Å². The lowest BCUT2D eigenvalue weighted by atomic mass is 9.91. The van der Waals surface area contributed by atoms with Crippen LogP contribution in [0.3, 0.4) is 0 Å². The Morgan fingerprint density at radius 3 is 2.32 bits per heavy atom. The summed E-state index contributed by atoms with van der Waals surface area (Å²) in [4.78, 5) is 19.8. The van der Waals surface area contributed by atoms with Crippen LogP contribution >= 0.6 is 0 Å². The summed E-state index contributed by atoms with van der Waals surface area (Å²) >= 11 is 0. The molecule has 1 atom stereocenters. The van der Waals surface area contributed by atoms with Crippen LogP contribution in [0.25, 0.3) is 10.9 Å². The number of rotatable bonds is 6. The van der Waals surface area contributed by atoms with Crippen LogP contribution in [0.15, 0.2) is 91.0 Å². The van der Waals surface area contributed by atoms with Gasteiger partial charge in [-0.25, -0.2) is 4.79 Å². The van der Waals surface area contributed by atoms with Gasteiger partial charge in [0.05, 0.1) is 11.2 Å². The van der Waals surface area contributed by atoms with Crippen LogP contribution in [-0.2, 0) is 0 Å². The zero-order valence-corrected chi connectivity index (χ0v) is 19.4.